The van der Waals surface area contributed by atoms with Crippen LogP contribution in [0.5, 0.6) is 5.75 Å². The average molecular weight is 407 g/mol. The summed E-state index contributed by atoms with van der Waals surface area (Å²) < 4.78 is 7.05. The van der Waals surface area contributed by atoms with Crippen molar-refractivity contribution < 1.29 is 4.74 Å². The van der Waals surface area contributed by atoms with Crippen LogP contribution in [0.15, 0.2) is 59.2 Å². The van der Waals surface area contributed by atoms with Gasteiger partial charge in [0.25, 0.3) is 0 Å². The van der Waals surface area contributed by atoms with Crippen molar-refractivity contribution in [3.63, 3.8) is 0 Å². The second-order valence-corrected chi connectivity index (χ2v) is 6.14. The van der Waals surface area contributed by atoms with E-state index in [4.69, 9.17) is 4.74 Å². The molecule has 1 aromatic heterocycles. The van der Waals surface area contributed by atoms with Gasteiger partial charge in [-0.1, -0.05) is 50.1 Å². The van der Waals surface area contributed by atoms with Crippen molar-refractivity contribution in [1.82, 2.24) is 4.98 Å². The van der Waals surface area contributed by atoms with Crippen LogP contribution < -0.4 is 4.74 Å². The molecule has 0 saturated heterocycles. The van der Waals surface area contributed by atoms with Crippen LogP contribution in [0.4, 0.5) is 0 Å². The molecule has 0 N–H and O–H groups in total. The number of fused-ring (bicyclic) bond motifs is 1. The summed E-state index contributed by atoms with van der Waals surface area (Å²) in [5.41, 5.74) is 3.27. The summed E-state index contributed by atoms with van der Waals surface area (Å²) in [6, 6.07) is 16.2. The van der Waals surface area contributed by atoms with Crippen molar-refractivity contribution in [1.29, 1.82) is 0 Å². The molecule has 21 heavy (non-hydrogen) atoms. The number of rotatable bonds is 4. The lowest BCUT2D eigenvalue weighted by Crippen LogP contribution is -1.99. The summed E-state index contributed by atoms with van der Waals surface area (Å²) in [4.78, 5) is 4.37. The molecule has 0 fully saturated rings. The van der Waals surface area contributed by atoms with Gasteiger partial charge in [-0.2, -0.15) is 0 Å². The lowest BCUT2D eigenvalue weighted by molar-refractivity contribution is 0.305. The number of nitrogens with zero attached hydrogens (tertiary/aromatic N) is 1. The Morgan fingerprint density at radius 2 is 1.86 bits per heavy atom. The van der Waals surface area contributed by atoms with Crippen LogP contribution in [0, 0.1) is 0 Å². The number of para-hydroxylation sites is 1. The normalized spacial score (nSPS) is 10.8. The van der Waals surface area contributed by atoms with Crippen molar-refractivity contribution in [2.75, 3.05) is 0 Å². The Bertz CT molecular complexity index is 768. The fourth-order valence-corrected chi connectivity index (χ4v) is 3.08. The molecule has 0 atom stereocenters. The fourth-order valence-electron chi connectivity index (χ4n) is 2.23. The maximum atomic E-state index is 6.00. The molecule has 0 spiro atoms. The number of benzene rings is 2. The van der Waals surface area contributed by atoms with E-state index in [0.29, 0.717) is 6.61 Å². The van der Waals surface area contributed by atoms with Crippen LogP contribution in [0.2, 0.25) is 0 Å². The van der Waals surface area contributed by atoms with E-state index in [0.717, 1.165) is 37.6 Å². The van der Waals surface area contributed by atoms with E-state index in [9.17, 15) is 0 Å². The Hall–Kier alpha value is -1.39. The number of pyridine rings is 1. The number of hydrogen-bond donors (Lipinski definition) is 0. The maximum absolute atomic E-state index is 6.00. The van der Waals surface area contributed by atoms with E-state index < -0.39 is 0 Å². The molecule has 2 nitrogen and oxygen atoms in total. The largest absolute Gasteiger partial charge is 0.489 e. The average Bonchev–Trinajstić information content (AvgIpc) is 2.53. The minimum atomic E-state index is 0.532. The Morgan fingerprint density at radius 1 is 1.00 bits per heavy atom. The lowest BCUT2D eigenvalue weighted by atomic mass is 10.1. The highest BCUT2D eigenvalue weighted by Crippen LogP contribution is 2.27. The van der Waals surface area contributed by atoms with Crippen LogP contribution in [0.1, 0.15) is 11.1 Å². The smallest absolute Gasteiger partial charge is 0.123 e. The number of hydrogen-bond acceptors (Lipinski definition) is 2. The molecule has 0 bridgehead atoms. The zero-order valence-corrected chi connectivity index (χ0v) is 14.4. The van der Waals surface area contributed by atoms with Gasteiger partial charge >= 0.3 is 0 Å². The molecule has 1 heterocycles. The van der Waals surface area contributed by atoms with E-state index in [1.165, 1.54) is 0 Å². The van der Waals surface area contributed by atoms with Gasteiger partial charge in [0.15, 0.2) is 0 Å². The number of ether oxygens (including phenoxy) is 1. The first-order valence-corrected chi connectivity index (χ1v) is 8.49. The second kappa shape index (κ2) is 6.58. The first-order valence-electron chi connectivity index (χ1n) is 6.58. The van der Waals surface area contributed by atoms with Gasteiger partial charge in [-0.15, -0.1) is 0 Å². The number of alkyl halides is 1. The van der Waals surface area contributed by atoms with Gasteiger partial charge in [0.1, 0.15) is 12.4 Å². The molecule has 0 amide bonds. The van der Waals surface area contributed by atoms with E-state index in [2.05, 4.69) is 49.0 Å². The van der Waals surface area contributed by atoms with Gasteiger partial charge in [-0.25, -0.2) is 0 Å². The highest BCUT2D eigenvalue weighted by Gasteiger charge is 2.06. The quantitative estimate of drug-likeness (QED) is 0.536. The predicted molar refractivity (Wildman–Crippen MR) is 92.8 cm³/mol. The van der Waals surface area contributed by atoms with E-state index in [-0.39, 0.29) is 0 Å². The van der Waals surface area contributed by atoms with Gasteiger partial charge in [-0.05, 0) is 30.3 Å². The van der Waals surface area contributed by atoms with Gasteiger partial charge in [0.05, 0.1) is 5.52 Å². The van der Waals surface area contributed by atoms with E-state index >= 15 is 0 Å². The highest BCUT2D eigenvalue weighted by molar-refractivity contribution is 9.10. The monoisotopic (exact) mass is 405 g/mol. The standard InChI is InChI=1S/C17H13Br2NO/c18-10-13-9-14(19)5-6-17(13)21-11-12-7-8-20-16-4-2-1-3-15(12)16/h1-9H,10-11H2. The molecular weight excluding hydrogens is 394 g/mol. The molecule has 3 aromatic rings. The second-order valence-electron chi connectivity index (χ2n) is 4.66. The molecule has 0 aliphatic carbocycles. The van der Waals surface area contributed by atoms with Gasteiger partial charge in [0.2, 0.25) is 0 Å². The van der Waals surface area contributed by atoms with Gasteiger partial charge in [0, 0.05) is 32.5 Å². The topological polar surface area (TPSA) is 22.1 Å². The van der Waals surface area contributed by atoms with Crippen molar-refractivity contribution in [3.8, 4) is 5.75 Å². The molecule has 4 heteroatoms. The van der Waals surface area contributed by atoms with Gasteiger partial charge in [-0.3, -0.25) is 4.98 Å². The summed E-state index contributed by atoms with van der Waals surface area (Å²) in [6.07, 6.45) is 1.83. The van der Waals surface area contributed by atoms with Gasteiger partial charge < -0.3 is 4.74 Å². The van der Waals surface area contributed by atoms with E-state index in [1.807, 2.05) is 42.6 Å². The molecule has 106 valence electrons. The molecule has 0 aliphatic heterocycles. The molecule has 0 radical (unpaired) electrons. The first kappa shape index (κ1) is 14.5. The summed E-state index contributed by atoms with van der Waals surface area (Å²) in [7, 11) is 0. The Balaban J connectivity index is 1.87. The van der Waals surface area contributed by atoms with Crippen LogP contribution in [0.3, 0.4) is 0 Å². The third-order valence-electron chi connectivity index (χ3n) is 3.29. The predicted octanol–water partition coefficient (Wildman–Crippen LogP) is 5.47. The third kappa shape index (κ3) is 3.27. The Kier molecular flexibility index (Phi) is 4.56. The summed E-state index contributed by atoms with van der Waals surface area (Å²) in [5.74, 6) is 0.899. The minimum absolute atomic E-state index is 0.532. The summed E-state index contributed by atoms with van der Waals surface area (Å²) in [5, 5.41) is 1.90. The lowest BCUT2D eigenvalue weighted by Gasteiger charge is -2.12. The summed E-state index contributed by atoms with van der Waals surface area (Å²) in [6.45, 7) is 0.532. The molecule has 0 unspecified atom stereocenters. The van der Waals surface area contributed by atoms with Crippen LogP contribution in [-0.2, 0) is 11.9 Å². The molecule has 2 aromatic carbocycles. The molecular formula is C17H13Br2NO. The van der Waals surface area contributed by atoms with Crippen molar-refractivity contribution >= 4 is 42.8 Å². The SMILES string of the molecule is BrCc1cc(Br)ccc1OCc1ccnc2ccccc12. The molecule has 3 rings (SSSR count). The Morgan fingerprint density at radius 3 is 2.71 bits per heavy atom. The van der Waals surface area contributed by atoms with Crippen LogP contribution >= 0.6 is 31.9 Å². The number of aromatic nitrogens is 1. The molecule has 0 aliphatic rings. The zero-order chi connectivity index (χ0) is 14.7. The summed E-state index contributed by atoms with van der Waals surface area (Å²) >= 11 is 6.98. The molecule has 0 saturated carbocycles. The van der Waals surface area contributed by atoms with Crippen molar-refractivity contribution in [3.05, 3.63) is 70.3 Å². The third-order valence-corrected chi connectivity index (χ3v) is 4.39. The van der Waals surface area contributed by atoms with Crippen LogP contribution in [-0.4, -0.2) is 4.98 Å². The maximum Gasteiger partial charge on any atom is 0.123 e. The Labute approximate surface area is 140 Å². The number of halogens is 2. The van der Waals surface area contributed by atoms with Crippen LogP contribution in [0.25, 0.3) is 10.9 Å². The fraction of sp³-hybridized carbons (Fsp3) is 0.118. The minimum Gasteiger partial charge on any atom is -0.489 e. The first-order chi connectivity index (χ1) is 10.3. The van der Waals surface area contributed by atoms with Crippen molar-refractivity contribution in [2.45, 2.75) is 11.9 Å². The van der Waals surface area contributed by atoms with E-state index in [1.54, 1.807) is 0 Å². The van der Waals surface area contributed by atoms with Crippen molar-refractivity contribution in [2.24, 2.45) is 0 Å². The highest BCUT2D eigenvalue weighted by atomic mass is 79.9. The zero-order valence-electron chi connectivity index (χ0n) is 11.2.